The molecule has 2 N–H and O–H groups in total. The fraction of sp³-hybridized carbons (Fsp3) is 0.217. The number of aryl methyl sites for hydroxylation is 1. The Balaban J connectivity index is 1.72. The number of ketones is 1. The number of hydrogen-bond acceptors (Lipinski definition) is 5. The second-order valence-corrected chi connectivity index (χ2v) is 7.21. The monoisotopic (exact) mass is 419 g/mol. The van der Waals surface area contributed by atoms with Crippen LogP contribution in [0.15, 0.2) is 73.1 Å². The Morgan fingerprint density at radius 1 is 1.29 bits per heavy atom. The molecule has 0 radical (unpaired) electrons. The van der Waals surface area contributed by atoms with Crippen LogP contribution in [0.4, 0.5) is 0 Å². The van der Waals surface area contributed by atoms with Crippen LogP contribution in [-0.4, -0.2) is 45.3 Å². The van der Waals surface area contributed by atoms with Crippen molar-refractivity contribution in [3.05, 3.63) is 84.2 Å². The first kappa shape index (κ1) is 20.3. The fourth-order valence-electron chi connectivity index (χ4n) is 3.80. The molecule has 0 saturated carbocycles. The van der Waals surface area contributed by atoms with E-state index < -0.39 is 17.7 Å². The standard InChI is InChI=1S/C23H22N4O4/c1-31-18-7-2-5-16(13-18)21(28)19-20(17-6-3-8-24-14-17)27(23(30)22(19)29)11-4-10-26-12-9-25-15-26/h2-3,5-9,12-15,20H,4,10-11H2,1H3,(H,28,29)/p+1. The third-order valence-corrected chi connectivity index (χ3v) is 5.30. The molecule has 3 aromatic rings. The lowest BCUT2D eigenvalue weighted by molar-refractivity contribution is -0.695. The lowest BCUT2D eigenvalue weighted by atomic mass is 9.96. The van der Waals surface area contributed by atoms with E-state index in [9.17, 15) is 14.7 Å². The third kappa shape index (κ3) is 4.05. The third-order valence-electron chi connectivity index (χ3n) is 5.30. The van der Waals surface area contributed by atoms with Gasteiger partial charge in [0.2, 0.25) is 6.33 Å². The van der Waals surface area contributed by atoms with Gasteiger partial charge in [0.25, 0.3) is 11.7 Å². The zero-order chi connectivity index (χ0) is 21.8. The van der Waals surface area contributed by atoms with E-state index in [1.165, 1.54) is 12.0 Å². The minimum absolute atomic E-state index is 0.0561. The number of hydrogen-bond donors (Lipinski definition) is 2. The number of imidazole rings is 1. The number of rotatable bonds is 7. The second-order valence-electron chi connectivity index (χ2n) is 7.21. The van der Waals surface area contributed by atoms with Crippen molar-refractivity contribution in [2.45, 2.75) is 19.0 Å². The topological polar surface area (TPSA) is 99.4 Å². The molecule has 8 nitrogen and oxygen atoms in total. The number of benzene rings is 1. The van der Waals surface area contributed by atoms with Crippen LogP contribution in [0.5, 0.6) is 5.75 Å². The van der Waals surface area contributed by atoms with Gasteiger partial charge in [-0.1, -0.05) is 18.2 Å². The summed E-state index contributed by atoms with van der Waals surface area (Å²) < 4.78 is 7.19. The number of aliphatic hydroxyl groups excluding tert-OH is 1. The summed E-state index contributed by atoms with van der Waals surface area (Å²) in [5.74, 6) is -1.02. The molecule has 1 aromatic carbocycles. The van der Waals surface area contributed by atoms with Gasteiger partial charge in [-0.25, -0.2) is 4.57 Å². The lowest BCUT2D eigenvalue weighted by Gasteiger charge is -2.24. The summed E-state index contributed by atoms with van der Waals surface area (Å²) in [6.45, 7) is 1.04. The molecule has 1 atom stereocenters. The molecule has 1 saturated heterocycles. The van der Waals surface area contributed by atoms with Gasteiger partial charge in [0.05, 0.1) is 25.3 Å². The SMILES string of the molecule is COc1cccc(/C(O)=C2\C(=O)C(=O)N(CCC[n+]3cc[nH]c3)C2c2cccnc2)c1. The molecule has 1 amide bonds. The molecule has 2 aromatic heterocycles. The van der Waals surface area contributed by atoms with Crippen LogP contribution in [-0.2, 0) is 16.1 Å². The first-order valence-electron chi connectivity index (χ1n) is 9.94. The van der Waals surface area contributed by atoms with E-state index in [0.29, 0.717) is 36.4 Å². The average molecular weight is 419 g/mol. The Bertz CT molecular complexity index is 1110. The summed E-state index contributed by atoms with van der Waals surface area (Å²) >= 11 is 0. The number of nitrogens with zero attached hydrogens (tertiary/aromatic N) is 3. The number of aromatic nitrogens is 3. The van der Waals surface area contributed by atoms with E-state index in [1.54, 1.807) is 48.8 Å². The maximum atomic E-state index is 13.0. The summed E-state index contributed by atoms with van der Waals surface area (Å²) in [5, 5.41) is 11.0. The molecule has 1 aliphatic rings. The fourth-order valence-corrected chi connectivity index (χ4v) is 3.80. The second kappa shape index (κ2) is 8.83. The van der Waals surface area contributed by atoms with Crippen molar-refractivity contribution >= 4 is 17.4 Å². The van der Waals surface area contributed by atoms with Gasteiger partial charge in [0.1, 0.15) is 23.9 Å². The number of ether oxygens (including phenoxy) is 1. The smallest absolute Gasteiger partial charge is 0.295 e. The predicted molar refractivity (Wildman–Crippen MR) is 112 cm³/mol. The van der Waals surface area contributed by atoms with Crippen molar-refractivity contribution in [3.8, 4) is 5.75 Å². The number of aliphatic hydroxyl groups is 1. The van der Waals surface area contributed by atoms with E-state index in [4.69, 9.17) is 4.74 Å². The highest BCUT2D eigenvalue weighted by molar-refractivity contribution is 6.46. The highest BCUT2D eigenvalue weighted by Crippen LogP contribution is 2.39. The van der Waals surface area contributed by atoms with Crippen LogP contribution in [0, 0.1) is 0 Å². The van der Waals surface area contributed by atoms with Crippen molar-refractivity contribution in [1.29, 1.82) is 0 Å². The molecule has 31 heavy (non-hydrogen) atoms. The van der Waals surface area contributed by atoms with Crippen molar-refractivity contribution < 1.29 is 24.0 Å². The number of Topliss-reactive ketones (excluding diaryl/α,β-unsaturated/α-hetero) is 1. The average Bonchev–Trinajstić information content (AvgIpc) is 3.41. The van der Waals surface area contributed by atoms with Crippen LogP contribution >= 0.6 is 0 Å². The van der Waals surface area contributed by atoms with Gasteiger partial charge in [0.15, 0.2) is 0 Å². The lowest BCUT2D eigenvalue weighted by Crippen LogP contribution is -2.36. The summed E-state index contributed by atoms with van der Waals surface area (Å²) in [6, 6.07) is 9.60. The Hall–Kier alpha value is -3.94. The first-order chi connectivity index (χ1) is 15.1. The van der Waals surface area contributed by atoms with E-state index in [1.807, 2.05) is 23.3 Å². The number of likely N-dealkylation sites (tertiary alicyclic amines) is 1. The molecule has 0 spiro atoms. The molecule has 8 heteroatoms. The van der Waals surface area contributed by atoms with Gasteiger partial charge in [-0.2, -0.15) is 0 Å². The molecule has 0 bridgehead atoms. The molecule has 1 aliphatic heterocycles. The molecule has 1 unspecified atom stereocenters. The quantitative estimate of drug-likeness (QED) is 0.265. The minimum Gasteiger partial charge on any atom is -0.507 e. The van der Waals surface area contributed by atoms with Gasteiger partial charge in [-0.3, -0.25) is 19.6 Å². The van der Waals surface area contributed by atoms with Gasteiger partial charge in [-0.05, 0) is 23.8 Å². The van der Waals surface area contributed by atoms with E-state index in [2.05, 4.69) is 9.97 Å². The number of H-pyrrole nitrogens is 1. The highest BCUT2D eigenvalue weighted by Gasteiger charge is 2.45. The Morgan fingerprint density at radius 2 is 2.16 bits per heavy atom. The summed E-state index contributed by atoms with van der Waals surface area (Å²) in [5.41, 5.74) is 1.13. The Morgan fingerprint density at radius 3 is 2.87 bits per heavy atom. The van der Waals surface area contributed by atoms with Gasteiger partial charge in [-0.15, -0.1) is 0 Å². The zero-order valence-corrected chi connectivity index (χ0v) is 17.1. The highest BCUT2D eigenvalue weighted by atomic mass is 16.5. The summed E-state index contributed by atoms with van der Waals surface area (Å²) in [6.07, 6.45) is 9.43. The van der Waals surface area contributed by atoms with Crippen molar-refractivity contribution in [2.75, 3.05) is 13.7 Å². The van der Waals surface area contributed by atoms with Crippen LogP contribution in [0.1, 0.15) is 23.6 Å². The zero-order valence-electron chi connectivity index (χ0n) is 17.1. The molecule has 4 rings (SSSR count). The molecule has 3 heterocycles. The van der Waals surface area contributed by atoms with Crippen LogP contribution in [0.25, 0.3) is 5.76 Å². The maximum Gasteiger partial charge on any atom is 0.295 e. The number of aromatic amines is 1. The predicted octanol–water partition coefficient (Wildman–Crippen LogP) is 2.22. The van der Waals surface area contributed by atoms with Crippen LogP contribution in [0.3, 0.4) is 0 Å². The van der Waals surface area contributed by atoms with Gasteiger partial charge >= 0.3 is 0 Å². The Labute approximate surface area is 179 Å². The largest absolute Gasteiger partial charge is 0.507 e. The maximum absolute atomic E-state index is 13.0. The number of amides is 1. The number of pyridine rings is 1. The van der Waals surface area contributed by atoms with Crippen LogP contribution < -0.4 is 9.30 Å². The normalized spacial score (nSPS) is 17.8. The molecular weight excluding hydrogens is 396 g/mol. The molecule has 0 aliphatic carbocycles. The van der Waals surface area contributed by atoms with Crippen LogP contribution in [0.2, 0.25) is 0 Å². The number of methoxy groups -OCH3 is 1. The Kier molecular flexibility index (Phi) is 5.79. The summed E-state index contributed by atoms with van der Waals surface area (Å²) in [4.78, 5) is 34.5. The van der Waals surface area contributed by atoms with E-state index in [0.717, 1.165) is 0 Å². The summed E-state index contributed by atoms with van der Waals surface area (Å²) in [7, 11) is 1.52. The van der Waals surface area contributed by atoms with Crippen molar-refractivity contribution in [2.24, 2.45) is 0 Å². The number of carbonyl (C=O) groups excluding carboxylic acids is 2. The van der Waals surface area contributed by atoms with E-state index in [-0.39, 0.29) is 11.3 Å². The number of nitrogens with one attached hydrogen (secondary N) is 1. The molecule has 1 fully saturated rings. The number of carbonyl (C=O) groups is 2. The van der Waals surface area contributed by atoms with Gasteiger partial charge in [0, 0.05) is 30.9 Å². The first-order valence-corrected chi connectivity index (χ1v) is 9.94. The molecule has 158 valence electrons. The minimum atomic E-state index is -0.712. The van der Waals surface area contributed by atoms with E-state index >= 15 is 0 Å². The van der Waals surface area contributed by atoms with Crippen molar-refractivity contribution in [3.63, 3.8) is 0 Å². The van der Waals surface area contributed by atoms with Crippen molar-refractivity contribution in [1.82, 2.24) is 14.9 Å². The molecular formula is C23H23N4O4+. The van der Waals surface area contributed by atoms with Gasteiger partial charge < -0.3 is 14.7 Å².